The van der Waals surface area contributed by atoms with Crippen LogP contribution < -0.4 is 5.32 Å². The average Bonchev–Trinajstić information content (AvgIpc) is 2.72. The second-order valence-electron chi connectivity index (χ2n) is 4.80. The van der Waals surface area contributed by atoms with Crippen LogP contribution in [0.3, 0.4) is 0 Å². The molecule has 1 amide bonds. The third-order valence-corrected chi connectivity index (χ3v) is 3.78. The number of carbonyl (C=O) groups excluding carboxylic acids is 1. The fraction of sp³-hybridized carbons (Fsp3) is 0.462. The van der Waals surface area contributed by atoms with Crippen molar-refractivity contribution < 1.29 is 23.4 Å². The van der Waals surface area contributed by atoms with Gasteiger partial charge < -0.3 is 15.2 Å². The van der Waals surface area contributed by atoms with Crippen molar-refractivity contribution in [3.05, 3.63) is 34.4 Å². The third-order valence-electron chi connectivity index (χ3n) is 3.47. The summed E-state index contributed by atoms with van der Waals surface area (Å²) in [5.41, 5.74) is -1.35. The van der Waals surface area contributed by atoms with E-state index in [0.29, 0.717) is 13.0 Å². The Labute approximate surface area is 119 Å². The maximum atomic E-state index is 13.1. The van der Waals surface area contributed by atoms with Gasteiger partial charge in [-0.3, -0.25) is 4.79 Å². The van der Waals surface area contributed by atoms with Crippen LogP contribution in [0.25, 0.3) is 0 Å². The van der Waals surface area contributed by atoms with Gasteiger partial charge in [-0.1, -0.05) is 11.6 Å². The molecule has 7 heteroatoms. The molecule has 0 spiro atoms. The number of ether oxygens (including phenoxy) is 1. The van der Waals surface area contributed by atoms with E-state index in [1.165, 1.54) is 0 Å². The molecule has 2 N–H and O–H groups in total. The fourth-order valence-corrected chi connectivity index (χ4v) is 2.26. The highest BCUT2D eigenvalue weighted by Crippen LogP contribution is 2.25. The highest BCUT2D eigenvalue weighted by atomic mass is 35.5. The molecule has 1 aromatic carbocycles. The average molecular weight is 306 g/mol. The van der Waals surface area contributed by atoms with E-state index in [1.54, 1.807) is 6.92 Å². The fourth-order valence-electron chi connectivity index (χ4n) is 2.03. The van der Waals surface area contributed by atoms with Gasteiger partial charge in [-0.2, -0.15) is 0 Å². The smallest absolute Gasteiger partial charge is 0.253 e. The van der Waals surface area contributed by atoms with Gasteiger partial charge >= 0.3 is 0 Å². The first kappa shape index (κ1) is 15.2. The van der Waals surface area contributed by atoms with Crippen LogP contribution in [0.15, 0.2) is 12.1 Å². The Morgan fingerprint density at radius 3 is 2.80 bits per heavy atom. The zero-order valence-corrected chi connectivity index (χ0v) is 11.5. The maximum absolute atomic E-state index is 13.1. The van der Waals surface area contributed by atoms with Crippen LogP contribution in [-0.4, -0.2) is 35.9 Å². The highest BCUT2D eigenvalue weighted by Gasteiger charge is 2.39. The molecule has 1 aliphatic rings. The Bertz CT molecular complexity index is 541. The van der Waals surface area contributed by atoms with Crippen molar-refractivity contribution in [2.24, 2.45) is 0 Å². The molecular weight excluding hydrogens is 292 g/mol. The molecule has 1 aliphatic heterocycles. The minimum absolute atomic E-state index is 0.0532. The third kappa shape index (κ3) is 2.92. The van der Waals surface area contributed by atoms with Gasteiger partial charge in [0.1, 0.15) is 5.60 Å². The van der Waals surface area contributed by atoms with Gasteiger partial charge in [0.25, 0.3) is 5.91 Å². The molecular formula is C13H14ClF2NO3. The van der Waals surface area contributed by atoms with Crippen molar-refractivity contribution in [2.75, 3.05) is 13.2 Å². The van der Waals surface area contributed by atoms with E-state index in [-0.39, 0.29) is 17.1 Å². The Hall–Kier alpha value is -1.24. The molecule has 0 aromatic heterocycles. The summed E-state index contributed by atoms with van der Waals surface area (Å²) in [7, 11) is 0. The number of rotatable bonds is 3. The molecule has 1 heterocycles. The summed E-state index contributed by atoms with van der Waals surface area (Å²) in [6.45, 7) is 2.05. The molecule has 0 bridgehead atoms. The van der Waals surface area contributed by atoms with Crippen LogP contribution in [0, 0.1) is 11.6 Å². The molecule has 0 saturated carbocycles. The highest BCUT2D eigenvalue weighted by molar-refractivity contribution is 6.33. The molecule has 2 unspecified atom stereocenters. The van der Waals surface area contributed by atoms with Gasteiger partial charge in [0.2, 0.25) is 0 Å². The second-order valence-corrected chi connectivity index (χ2v) is 5.20. The number of aliphatic hydroxyl groups is 1. The van der Waals surface area contributed by atoms with Crippen molar-refractivity contribution in [3.63, 3.8) is 0 Å². The summed E-state index contributed by atoms with van der Waals surface area (Å²) in [6, 6.07) is 1.47. The van der Waals surface area contributed by atoms with Crippen molar-refractivity contribution >= 4 is 17.5 Å². The van der Waals surface area contributed by atoms with Crippen molar-refractivity contribution in [1.82, 2.24) is 5.32 Å². The standard InChI is InChI=1S/C13H14ClF2NO3/c1-7-13(19,2-3-20-7)6-17-12(18)8-4-10(15)11(16)5-9(8)14/h4-5,7,19H,2-3,6H2,1H3,(H,17,18). The van der Waals surface area contributed by atoms with Gasteiger partial charge in [0.05, 0.1) is 16.7 Å². The van der Waals surface area contributed by atoms with E-state index < -0.39 is 29.2 Å². The lowest BCUT2D eigenvalue weighted by Gasteiger charge is -2.26. The Morgan fingerprint density at radius 1 is 1.55 bits per heavy atom. The number of carbonyl (C=O) groups is 1. The number of halogens is 3. The summed E-state index contributed by atoms with van der Waals surface area (Å²) < 4.78 is 31.3. The van der Waals surface area contributed by atoms with Crippen LogP contribution >= 0.6 is 11.6 Å². The first-order valence-electron chi connectivity index (χ1n) is 6.10. The summed E-state index contributed by atoms with van der Waals surface area (Å²) in [4.78, 5) is 11.9. The predicted octanol–water partition coefficient (Wildman–Crippen LogP) is 1.89. The summed E-state index contributed by atoms with van der Waals surface area (Å²) in [6.07, 6.45) is -0.0248. The zero-order valence-electron chi connectivity index (χ0n) is 10.8. The second kappa shape index (κ2) is 5.63. The summed E-state index contributed by atoms with van der Waals surface area (Å²) in [5.74, 6) is -2.96. The minimum atomic E-state index is -1.17. The monoisotopic (exact) mass is 305 g/mol. The Balaban J connectivity index is 2.08. The molecule has 4 nitrogen and oxygen atoms in total. The van der Waals surface area contributed by atoms with E-state index in [2.05, 4.69) is 5.32 Å². The van der Waals surface area contributed by atoms with Gasteiger partial charge in [-0.15, -0.1) is 0 Å². The van der Waals surface area contributed by atoms with Gasteiger partial charge in [0, 0.05) is 19.6 Å². The lowest BCUT2D eigenvalue weighted by atomic mass is 9.96. The topological polar surface area (TPSA) is 58.6 Å². The van der Waals surface area contributed by atoms with E-state index in [0.717, 1.165) is 12.1 Å². The zero-order chi connectivity index (χ0) is 14.9. The normalized spacial score (nSPS) is 25.8. The van der Waals surface area contributed by atoms with Crippen LogP contribution in [0.2, 0.25) is 5.02 Å². The number of amides is 1. The molecule has 1 aromatic rings. The molecule has 1 fully saturated rings. The lowest BCUT2D eigenvalue weighted by molar-refractivity contribution is -0.0251. The number of hydrogen-bond acceptors (Lipinski definition) is 3. The molecule has 1 saturated heterocycles. The van der Waals surface area contributed by atoms with E-state index in [1.807, 2.05) is 0 Å². The van der Waals surface area contributed by atoms with Crippen LogP contribution in [0.5, 0.6) is 0 Å². The largest absolute Gasteiger partial charge is 0.385 e. The van der Waals surface area contributed by atoms with Gasteiger partial charge in [-0.25, -0.2) is 8.78 Å². The van der Waals surface area contributed by atoms with E-state index >= 15 is 0 Å². The molecule has 20 heavy (non-hydrogen) atoms. The Morgan fingerprint density at radius 2 is 2.20 bits per heavy atom. The number of nitrogens with one attached hydrogen (secondary N) is 1. The van der Waals surface area contributed by atoms with Crippen molar-refractivity contribution in [3.8, 4) is 0 Å². The van der Waals surface area contributed by atoms with E-state index in [9.17, 15) is 18.7 Å². The quantitative estimate of drug-likeness (QED) is 0.839. The minimum Gasteiger partial charge on any atom is -0.385 e. The molecule has 0 radical (unpaired) electrons. The molecule has 0 aliphatic carbocycles. The summed E-state index contributed by atoms with van der Waals surface area (Å²) >= 11 is 5.70. The lowest BCUT2D eigenvalue weighted by Crippen LogP contribution is -2.47. The van der Waals surface area contributed by atoms with Crippen LogP contribution in [-0.2, 0) is 4.74 Å². The maximum Gasteiger partial charge on any atom is 0.253 e. The van der Waals surface area contributed by atoms with Crippen LogP contribution in [0.4, 0.5) is 8.78 Å². The molecule has 2 atom stereocenters. The van der Waals surface area contributed by atoms with Gasteiger partial charge in [0.15, 0.2) is 11.6 Å². The first-order chi connectivity index (χ1) is 9.33. The van der Waals surface area contributed by atoms with Crippen LogP contribution in [0.1, 0.15) is 23.7 Å². The predicted molar refractivity (Wildman–Crippen MR) is 68.7 cm³/mol. The first-order valence-corrected chi connectivity index (χ1v) is 6.48. The van der Waals surface area contributed by atoms with E-state index in [4.69, 9.17) is 16.3 Å². The molecule has 2 rings (SSSR count). The van der Waals surface area contributed by atoms with Crippen molar-refractivity contribution in [1.29, 1.82) is 0 Å². The molecule has 110 valence electrons. The number of hydrogen-bond donors (Lipinski definition) is 2. The Kier molecular flexibility index (Phi) is 4.27. The van der Waals surface area contributed by atoms with Gasteiger partial charge in [-0.05, 0) is 19.1 Å². The number of benzene rings is 1. The SMILES string of the molecule is CC1OCCC1(O)CNC(=O)c1cc(F)c(F)cc1Cl. The van der Waals surface area contributed by atoms with Crippen molar-refractivity contribution in [2.45, 2.75) is 25.0 Å². The summed E-state index contributed by atoms with van der Waals surface area (Å²) in [5, 5.41) is 12.5.